The molecule has 0 atom stereocenters. The lowest BCUT2D eigenvalue weighted by atomic mass is 10.2. The molecule has 18 heavy (non-hydrogen) atoms. The first-order valence-corrected chi connectivity index (χ1v) is 6.96. The van der Waals surface area contributed by atoms with Gasteiger partial charge >= 0.3 is 0 Å². The minimum atomic E-state index is -3.54. The number of hydrogen-bond donors (Lipinski definition) is 1. The third-order valence-electron chi connectivity index (χ3n) is 2.59. The number of aryl methyl sites for hydroxylation is 3. The van der Waals surface area contributed by atoms with Gasteiger partial charge < -0.3 is 0 Å². The van der Waals surface area contributed by atoms with Crippen LogP contribution in [0.3, 0.4) is 0 Å². The van der Waals surface area contributed by atoms with Crippen molar-refractivity contribution >= 4 is 15.7 Å². The quantitative estimate of drug-likeness (QED) is 0.921. The summed E-state index contributed by atoms with van der Waals surface area (Å²) in [6.07, 6.45) is 1.64. The monoisotopic (exact) mass is 265 g/mol. The van der Waals surface area contributed by atoms with Crippen LogP contribution in [0.4, 0.5) is 5.69 Å². The van der Waals surface area contributed by atoms with Crippen LogP contribution in [0, 0.1) is 13.8 Å². The second-order valence-corrected chi connectivity index (χ2v) is 5.90. The number of anilines is 1. The summed E-state index contributed by atoms with van der Waals surface area (Å²) in [5.74, 6) is 0. The molecule has 0 unspecified atom stereocenters. The van der Waals surface area contributed by atoms with Crippen molar-refractivity contribution in [3.8, 4) is 0 Å². The van der Waals surface area contributed by atoms with Crippen molar-refractivity contribution in [2.75, 3.05) is 4.72 Å². The lowest BCUT2D eigenvalue weighted by Crippen LogP contribution is -2.13. The van der Waals surface area contributed by atoms with Gasteiger partial charge in [-0.2, -0.15) is 5.10 Å². The Morgan fingerprint density at radius 2 is 1.78 bits per heavy atom. The average molecular weight is 265 g/mol. The number of rotatable bonds is 3. The molecule has 1 aromatic heterocycles. The zero-order chi connectivity index (χ0) is 13.3. The minimum Gasteiger partial charge on any atom is -0.276 e. The summed E-state index contributed by atoms with van der Waals surface area (Å²) in [7, 11) is -1.80. The largest absolute Gasteiger partial charge is 0.276 e. The molecule has 0 fully saturated rings. The van der Waals surface area contributed by atoms with E-state index in [1.54, 1.807) is 49.1 Å². The molecule has 6 heteroatoms. The maximum atomic E-state index is 12.1. The van der Waals surface area contributed by atoms with Crippen molar-refractivity contribution in [1.29, 1.82) is 0 Å². The van der Waals surface area contributed by atoms with E-state index in [2.05, 4.69) is 9.82 Å². The molecule has 2 aromatic rings. The van der Waals surface area contributed by atoms with E-state index in [4.69, 9.17) is 0 Å². The van der Waals surface area contributed by atoms with Gasteiger partial charge in [0.2, 0.25) is 0 Å². The molecule has 5 nitrogen and oxygen atoms in total. The predicted octanol–water partition coefficient (Wildman–Crippen LogP) is 1.84. The Morgan fingerprint density at radius 3 is 2.28 bits per heavy atom. The Labute approximate surface area is 107 Å². The SMILES string of the molecule is Cc1ccc(S(=O)(=O)Nc2cn(C)nc2C)cc1. The zero-order valence-corrected chi connectivity index (χ0v) is 11.3. The van der Waals surface area contributed by atoms with Crippen LogP contribution in [0.1, 0.15) is 11.3 Å². The second kappa shape index (κ2) is 4.45. The smallest absolute Gasteiger partial charge is 0.262 e. The van der Waals surface area contributed by atoms with E-state index in [1.807, 2.05) is 6.92 Å². The number of aromatic nitrogens is 2. The van der Waals surface area contributed by atoms with Crippen LogP contribution in [0.2, 0.25) is 0 Å². The number of sulfonamides is 1. The van der Waals surface area contributed by atoms with Gasteiger partial charge in [0, 0.05) is 13.2 Å². The molecule has 96 valence electrons. The zero-order valence-electron chi connectivity index (χ0n) is 10.5. The predicted molar refractivity (Wildman–Crippen MR) is 69.9 cm³/mol. The van der Waals surface area contributed by atoms with E-state index in [1.165, 1.54) is 0 Å². The first kappa shape index (κ1) is 12.6. The molecule has 2 rings (SSSR count). The van der Waals surface area contributed by atoms with Gasteiger partial charge in [-0.1, -0.05) is 17.7 Å². The molecule has 0 aliphatic rings. The molecule has 0 saturated heterocycles. The van der Waals surface area contributed by atoms with E-state index in [9.17, 15) is 8.42 Å². The van der Waals surface area contributed by atoms with Gasteiger partial charge in [-0.15, -0.1) is 0 Å². The molecular weight excluding hydrogens is 250 g/mol. The van der Waals surface area contributed by atoms with Crippen LogP contribution >= 0.6 is 0 Å². The molecular formula is C12H15N3O2S. The number of hydrogen-bond acceptors (Lipinski definition) is 3. The molecule has 0 aliphatic carbocycles. The highest BCUT2D eigenvalue weighted by Crippen LogP contribution is 2.18. The lowest BCUT2D eigenvalue weighted by molar-refractivity contribution is 0.601. The molecule has 0 amide bonds. The highest BCUT2D eigenvalue weighted by atomic mass is 32.2. The van der Waals surface area contributed by atoms with Gasteiger partial charge in [-0.3, -0.25) is 9.40 Å². The average Bonchev–Trinajstić information content (AvgIpc) is 2.57. The van der Waals surface area contributed by atoms with Crippen molar-refractivity contribution in [3.63, 3.8) is 0 Å². The Morgan fingerprint density at radius 1 is 1.17 bits per heavy atom. The number of nitrogens with one attached hydrogen (secondary N) is 1. The third kappa shape index (κ3) is 2.53. The molecule has 1 N–H and O–H groups in total. The van der Waals surface area contributed by atoms with Crippen LogP contribution in [0.15, 0.2) is 35.4 Å². The van der Waals surface area contributed by atoms with Crippen molar-refractivity contribution in [1.82, 2.24) is 9.78 Å². The van der Waals surface area contributed by atoms with E-state index in [-0.39, 0.29) is 4.90 Å². The van der Waals surface area contributed by atoms with E-state index in [0.29, 0.717) is 11.4 Å². The highest BCUT2D eigenvalue weighted by molar-refractivity contribution is 7.92. The van der Waals surface area contributed by atoms with Gasteiger partial charge in [-0.05, 0) is 26.0 Å². The van der Waals surface area contributed by atoms with Gasteiger partial charge in [0.05, 0.1) is 16.3 Å². The van der Waals surface area contributed by atoms with E-state index in [0.717, 1.165) is 5.56 Å². The Kier molecular flexibility index (Phi) is 3.13. The van der Waals surface area contributed by atoms with Crippen molar-refractivity contribution < 1.29 is 8.42 Å². The summed E-state index contributed by atoms with van der Waals surface area (Å²) in [5, 5.41) is 4.09. The molecule has 0 saturated carbocycles. The van der Waals surface area contributed by atoms with Gasteiger partial charge in [0.25, 0.3) is 10.0 Å². The van der Waals surface area contributed by atoms with E-state index >= 15 is 0 Å². The number of nitrogens with zero attached hydrogens (tertiary/aromatic N) is 2. The third-order valence-corrected chi connectivity index (χ3v) is 3.97. The van der Waals surface area contributed by atoms with Crippen LogP contribution in [0.25, 0.3) is 0 Å². The minimum absolute atomic E-state index is 0.247. The standard InChI is InChI=1S/C12H15N3O2S/c1-9-4-6-11(7-5-9)18(16,17)14-12-8-15(3)13-10(12)2/h4-8,14H,1-3H3. The van der Waals surface area contributed by atoms with Crippen LogP contribution in [0.5, 0.6) is 0 Å². The molecule has 0 aliphatic heterocycles. The fourth-order valence-electron chi connectivity index (χ4n) is 1.62. The normalized spacial score (nSPS) is 11.5. The molecule has 0 radical (unpaired) electrons. The fraction of sp³-hybridized carbons (Fsp3) is 0.250. The van der Waals surface area contributed by atoms with Gasteiger partial charge in [-0.25, -0.2) is 8.42 Å². The molecule has 1 heterocycles. The summed E-state index contributed by atoms with van der Waals surface area (Å²) >= 11 is 0. The fourth-order valence-corrected chi connectivity index (χ4v) is 2.72. The Balaban J connectivity index is 2.33. The lowest BCUT2D eigenvalue weighted by Gasteiger charge is -2.06. The van der Waals surface area contributed by atoms with Crippen LogP contribution < -0.4 is 4.72 Å². The summed E-state index contributed by atoms with van der Waals surface area (Å²) in [6, 6.07) is 6.71. The maximum Gasteiger partial charge on any atom is 0.262 e. The first-order chi connectivity index (χ1) is 8.38. The maximum absolute atomic E-state index is 12.1. The summed E-state index contributed by atoms with van der Waals surface area (Å²) < 4.78 is 28.4. The van der Waals surface area contributed by atoms with Crippen molar-refractivity contribution in [2.24, 2.45) is 7.05 Å². The van der Waals surface area contributed by atoms with Crippen LogP contribution in [-0.4, -0.2) is 18.2 Å². The molecule has 0 spiro atoms. The molecule has 1 aromatic carbocycles. The Hall–Kier alpha value is -1.82. The van der Waals surface area contributed by atoms with E-state index < -0.39 is 10.0 Å². The highest BCUT2D eigenvalue weighted by Gasteiger charge is 2.16. The summed E-state index contributed by atoms with van der Waals surface area (Å²) in [6.45, 7) is 3.67. The second-order valence-electron chi connectivity index (χ2n) is 4.22. The Bertz CT molecular complexity index is 657. The van der Waals surface area contributed by atoms with Gasteiger partial charge in [0.1, 0.15) is 0 Å². The van der Waals surface area contributed by atoms with Crippen LogP contribution in [-0.2, 0) is 17.1 Å². The number of benzene rings is 1. The van der Waals surface area contributed by atoms with Gasteiger partial charge in [0.15, 0.2) is 0 Å². The van der Waals surface area contributed by atoms with Crippen molar-refractivity contribution in [2.45, 2.75) is 18.7 Å². The summed E-state index contributed by atoms with van der Waals surface area (Å²) in [4.78, 5) is 0.247. The topological polar surface area (TPSA) is 64.0 Å². The first-order valence-electron chi connectivity index (χ1n) is 5.48. The van der Waals surface area contributed by atoms with Crippen molar-refractivity contribution in [3.05, 3.63) is 41.7 Å². The molecule has 0 bridgehead atoms. The summed E-state index contributed by atoms with van der Waals surface area (Å²) in [5.41, 5.74) is 2.16.